The molecule has 0 atom stereocenters. The van der Waals surface area contributed by atoms with Crippen LogP contribution in [0.3, 0.4) is 0 Å². The van der Waals surface area contributed by atoms with Crippen molar-refractivity contribution in [3.63, 3.8) is 0 Å². The molecule has 1 amide bonds. The van der Waals surface area contributed by atoms with E-state index in [0.29, 0.717) is 21.2 Å². The van der Waals surface area contributed by atoms with Crippen molar-refractivity contribution in [2.75, 3.05) is 5.32 Å². The third-order valence-corrected chi connectivity index (χ3v) is 3.91. The van der Waals surface area contributed by atoms with Crippen LogP contribution in [0.25, 0.3) is 11.0 Å². The van der Waals surface area contributed by atoms with Crippen molar-refractivity contribution in [3.8, 4) is 0 Å². The molecule has 1 heterocycles. The van der Waals surface area contributed by atoms with Crippen molar-refractivity contribution in [3.05, 3.63) is 52.3 Å². The van der Waals surface area contributed by atoms with Gasteiger partial charge < -0.3 is 5.32 Å². The predicted octanol–water partition coefficient (Wildman–Crippen LogP) is 3.85. The van der Waals surface area contributed by atoms with Crippen LogP contribution in [0, 0.1) is 5.82 Å². The summed E-state index contributed by atoms with van der Waals surface area (Å²) < 4.78 is 21.7. The molecule has 0 aliphatic heterocycles. The molecule has 0 radical (unpaired) electrons. The second kappa shape index (κ2) is 5.26. The van der Waals surface area contributed by atoms with Crippen molar-refractivity contribution in [2.24, 2.45) is 0 Å². The summed E-state index contributed by atoms with van der Waals surface area (Å²) in [4.78, 5) is 12.2. The van der Waals surface area contributed by atoms with E-state index in [1.165, 1.54) is 18.2 Å². The van der Waals surface area contributed by atoms with Crippen molar-refractivity contribution in [1.82, 2.24) is 8.75 Å². The fourth-order valence-electron chi connectivity index (χ4n) is 1.77. The lowest BCUT2D eigenvalue weighted by Gasteiger charge is -2.07. The zero-order valence-electron chi connectivity index (χ0n) is 9.93. The second-order valence-corrected chi connectivity index (χ2v) is 5.40. The van der Waals surface area contributed by atoms with Gasteiger partial charge in [-0.15, -0.1) is 0 Å². The third-order valence-electron chi connectivity index (χ3n) is 2.71. The minimum Gasteiger partial charge on any atom is -0.320 e. The molecule has 4 nitrogen and oxygen atoms in total. The minimum atomic E-state index is -0.403. The van der Waals surface area contributed by atoms with Gasteiger partial charge in [-0.3, -0.25) is 4.79 Å². The Kier molecular flexibility index (Phi) is 3.45. The van der Waals surface area contributed by atoms with Crippen molar-refractivity contribution in [1.29, 1.82) is 0 Å². The maximum Gasteiger partial charge on any atom is 0.256 e. The number of hydrogen-bond acceptors (Lipinski definition) is 4. The van der Waals surface area contributed by atoms with Crippen molar-refractivity contribution < 1.29 is 9.18 Å². The van der Waals surface area contributed by atoms with Crippen LogP contribution in [0.1, 0.15) is 10.4 Å². The highest BCUT2D eigenvalue weighted by Crippen LogP contribution is 2.24. The van der Waals surface area contributed by atoms with E-state index in [-0.39, 0.29) is 5.91 Å². The Labute approximate surface area is 126 Å². The van der Waals surface area contributed by atoms with Crippen molar-refractivity contribution >= 4 is 50.3 Å². The normalized spacial score (nSPS) is 10.7. The van der Waals surface area contributed by atoms with Gasteiger partial charge in [-0.2, -0.15) is 8.75 Å². The zero-order chi connectivity index (χ0) is 14.1. The average Bonchev–Trinajstić information content (AvgIpc) is 2.87. The monoisotopic (exact) mass is 351 g/mol. The summed E-state index contributed by atoms with van der Waals surface area (Å²) in [6, 6.07) is 9.28. The SMILES string of the molecule is O=C(Nc1cccc2nsnc12)c1ccc(F)cc1Br. The summed E-state index contributed by atoms with van der Waals surface area (Å²) in [6.07, 6.45) is 0. The van der Waals surface area contributed by atoms with E-state index in [1.807, 2.05) is 6.07 Å². The molecule has 0 fully saturated rings. The van der Waals surface area contributed by atoms with Crippen LogP contribution in [0.15, 0.2) is 40.9 Å². The maximum atomic E-state index is 13.0. The van der Waals surface area contributed by atoms with Gasteiger partial charge in [0.1, 0.15) is 16.9 Å². The number of anilines is 1. The maximum absolute atomic E-state index is 13.0. The molecule has 3 rings (SSSR count). The van der Waals surface area contributed by atoms with Crippen LogP contribution in [-0.2, 0) is 0 Å². The molecule has 0 aliphatic carbocycles. The van der Waals surface area contributed by atoms with Crippen LogP contribution in [0.2, 0.25) is 0 Å². The van der Waals surface area contributed by atoms with E-state index < -0.39 is 5.82 Å². The number of nitrogens with zero attached hydrogens (tertiary/aromatic N) is 2. The average molecular weight is 352 g/mol. The first-order valence-electron chi connectivity index (χ1n) is 5.63. The van der Waals surface area contributed by atoms with Gasteiger partial charge in [0.2, 0.25) is 0 Å². The summed E-state index contributed by atoms with van der Waals surface area (Å²) in [5, 5.41) is 2.76. The van der Waals surface area contributed by atoms with Gasteiger partial charge in [-0.05, 0) is 46.3 Å². The summed E-state index contributed by atoms with van der Waals surface area (Å²) in [5.41, 5.74) is 2.30. The number of aromatic nitrogens is 2. The highest BCUT2D eigenvalue weighted by Gasteiger charge is 2.13. The zero-order valence-corrected chi connectivity index (χ0v) is 12.3. The van der Waals surface area contributed by atoms with Gasteiger partial charge in [0, 0.05) is 4.47 Å². The van der Waals surface area contributed by atoms with Crippen LogP contribution < -0.4 is 5.32 Å². The first kappa shape index (κ1) is 13.1. The molecule has 20 heavy (non-hydrogen) atoms. The lowest BCUT2D eigenvalue weighted by atomic mass is 10.2. The fraction of sp³-hybridized carbons (Fsp3) is 0. The highest BCUT2D eigenvalue weighted by atomic mass is 79.9. The summed E-state index contributed by atoms with van der Waals surface area (Å²) in [5.74, 6) is -0.739. The molecule has 0 bridgehead atoms. The highest BCUT2D eigenvalue weighted by molar-refractivity contribution is 9.10. The molecule has 7 heteroatoms. The number of carbonyl (C=O) groups is 1. The Morgan fingerprint density at radius 3 is 2.90 bits per heavy atom. The van der Waals surface area contributed by atoms with Crippen LogP contribution in [0.4, 0.5) is 10.1 Å². The van der Waals surface area contributed by atoms with E-state index in [9.17, 15) is 9.18 Å². The molecule has 100 valence electrons. The van der Waals surface area contributed by atoms with E-state index in [1.54, 1.807) is 12.1 Å². The van der Waals surface area contributed by atoms with E-state index in [2.05, 4.69) is 30.0 Å². The smallest absolute Gasteiger partial charge is 0.256 e. The van der Waals surface area contributed by atoms with E-state index >= 15 is 0 Å². The molecule has 0 saturated carbocycles. The topological polar surface area (TPSA) is 54.9 Å². The lowest BCUT2D eigenvalue weighted by Crippen LogP contribution is -2.13. The number of rotatable bonds is 2. The number of benzene rings is 2. The van der Waals surface area contributed by atoms with Crippen LogP contribution >= 0.6 is 27.7 Å². The Hall–Kier alpha value is -1.86. The molecule has 0 unspecified atom stereocenters. The molecule has 0 spiro atoms. The van der Waals surface area contributed by atoms with E-state index in [0.717, 1.165) is 17.2 Å². The molecule has 3 aromatic rings. The first-order chi connectivity index (χ1) is 9.65. The summed E-state index contributed by atoms with van der Waals surface area (Å²) in [6.45, 7) is 0. The van der Waals surface area contributed by atoms with Crippen LogP contribution in [0.5, 0.6) is 0 Å². The lowest BCUT2D eigenvalue weighted by molar-refractivity contribution is 0.102. The Balaban J connectivity index is 1.94. The Bertz CT molecular complexity index is 805. The fourth-order valence-corrected chi connectivity index (χ4v) is 2.85. The molecular weight excluding hydrogens is 345 g/mol. The molecule has 2 aromatic carbocycles. The number of hydrogen-bond donors (Lipinski definition) is 1. The van der Waals surface area contributed by atoms with Gasteiger partial charge in [0.05, 0.1) is 23.0 Å². The van der Waals surface area contributed by atoms with E-state index in [4.69, 9.17) is 0 Å². The molecule has 0 saturated heterocycles. The molecule has 1 aromatic heterocycles. The molecule has 0 aliphatic rings. The predicted molar refractivity (Wildman–Crippen MR) is 79.5 cm³/mol. The number of nitrogens with one attached hydrogen (secondary N) is 1. The third kappa shape index (κ3) is 2.41. The summed E-state index contributed by atoms with van der Waals surface area (Å²) in [7, 11) is 0. The van der Waals surface area contributed by atoms with Gasteiger partial charge >= 0.3 is 0 Å². The van der Waals surface area contributed by atoms with Gasteiger partial charge in [0.15, 0.2) is 0 Å². The minimum absolute atomic E-state index is 0.336. The quantitative estimate of drug-likeness (QED) is 0.762. The Morgan fingerprint density at radius 1 is 1.25 bits per heavy atom. The number of carbonyl (C=O) groups excluding carboxylic acids is 1. The van der Waals surface area contributed by atoms with Gasteiger partial charge in [-0.1, -0.05) is 6.07 Å². The molecule has 1 N–H and O–H groups in total. The Morgan fingerprint density at radius 2 is 2.10 bits per heavy atom. The van der Waals surface area contributed by atoms with Crippen molar-refractivity contribution in [2.45, 2.75) is 0 Å². The molecular formula is C13H7BrFN3OS. The van der Waals surface area contributed by atoms with Crippen LogP contribution in [-0.4, -0.2) is 14.7 Å². The largest absolute Gasteiger partial charge is 0.320 e. The number of halogens is 2. The number of fused-ring (bicyclic) bond motifs is 1. The summed E-state index contributed by atoms with van der Waals surface area (Å²) >= 11 is 4.26. The second-order valence-electron chi connectivity index (χ2n) is 4.02. The van der Waals surface area contributed by atoms with Gasteiger partial charge in [-0.25, -0.2) is 4.39 Å². The number of amides is 1. The van der Waals surface area contributed by atoms with Gasteiger partial charge in [0.25, 0.3) is 5.91 Å². The first-order valence-corrected chi connectivity index (χ1v) is 7.15. The standard InChI is InChI=1S/C13H7BrFN3OS/c14-9-6-7(15)4-5-8(9)13(19)16-10-2-1-3-11-12(10)18-20-17-11/h1-6H,(H,16,19).